The highest BCUT2D eigenvalue weighted by atomic mass is 16.4. The lowest BCUT2D eigenvalue weighted by Crippen LogP contribution is -2.56. The lowest BCUT2D eigenvalue weighted by atomic mass is 9.86. The third-order valence-corrected chi connectivity index (χ3v) is 2.74. The fourth-order valence-electron chi connectivity index (χ4n) is 1.77. The molecule has 0 rings (SSSR count). The topological polar surface area (TPSA) is 122 Å². The van der Waals surface area contributed by atoms with Crippen molar-refractivity contribution in [1.29, 1.82) is 0 Å². The molecule has 0 aliphatic carbocycles. The monoisotopic (exact) mass is 287 g/mol. The Hall–Kier alpha value is -1.79. The van der Waals surface area contributed by atoms with E-state index in [1.165, 1.54) is 0 Å². The maximum absolute atomic E-state index is 12.1. The Labute approximate surface area is 119 Å². The number of primary amides is 1. The van der Waals surface area contributed by atoms with Gasteiger partial charge in [-0.05, 0) is 17.8 Å². The Bertz CT molecular complexity index is 374. The largest absolute Gasteiger partial charge is 0.480 e. The number of carboxylic acids is 1. The summed E-state index contributed by atoms with van der Waals surface area (Å²) in [5, 5.41) is 14.0. The van der Waals surface area contributed by atoms with E-state index in [2.05, 4.69) is 10.6 Å². The number of carbonyl (C=O) groups is 3. The zero-order valence-corrected chi connectivity index (χ0v) is 12.7. The summed E-state index contributed by atoms with van der Waals surface area (Å²) >= 11 is 0. The van der Waals surface area contributed by atoms with Crippen molar-refractivity contribution in [3.63, 3.8) is 0 Å². The van der Waals surface area contributed by atoms with Crippen LogP contribution in [0.1, 0.15) is 41.0 Å². The average Bonchev–Trinajstić information content (AvgIpc) is 2.20. The summed E-state index contributed by atoms with van der Waals surface area (Å²) in [4.78, 5) is 34.3. The second-order valence-electron chi connectivity index (χ2n) is 6.34. The van der Waals surface area contributed by atoms with Gasteiger partial charge < -0.3 is 21.5 Å². The van der Waals surface area contributed by atoms with Crippen molar-refractivity contribution in [2.45, 2.75) is 53.1 Å². The van der Waals surface area contributed by atoms with E-state index in [4.69, 9.17) is 5.73 Å². The molecule has 3 amide bonds. The number of hydrogen-bond donors (Lipinski definition) is 4. The Morgan fingerprint density at radius 2 is 1.65 bits per heavy atom. The highest BCUT2D eigenvalue weighted by Crippen LogP contribution is 2.19. The molecule has 7 nitrogen and oxygen atoms in total. The number of amides is 3. The van der Waals surface area contributed by atoms with Crippen LogP contribution in [0, 0.1) is 11.3 Å². The number of aliphatic carboxylic acids is 1. The van der Waals surface area contributed by atoms with E-state index in [0.717, 1.165) is 0 Å². The second-order valence-corrected chi connectivity index (χ2v) is 6.34. The number of rotatable bonds is 6. The van der Waals surface area contributed by atoms with Gasteiger partial charge in [0.05, 0.1) is 0 Å². The summed E-state index contributed by atoms with van der Waals surface area (Å²) < 4.78 is 0. The molecule has 2 unspecified atom stereocenters. The molecule has 116 valence electrons. The molecule has 0 saturated carbocycles. The van der Waals surface area contributed by atoms with Crippen molar-refractivity contribution in [1.82, 2.24) is 10.6 Å². The quantitative estimate of drug-likeness (QED) is 0.574. The highest BCUT2D eigenvalue weighted by molar-refractivity contribution is 5.90. The van der Waals surface area contributed by atoms with Gasteiger partial charge in [0.25, 0.3) is 0 Å². The van der Waals surface area contributed by atoms with E-state index in [1.807, 2.05) is 13.8 Å². The van der Waals surface area contributed by atoms with Crippen LogP contribution in [-0.4, -0.2) is 35.1 Å². The van der Waals surface area contributed by atoms with Crippen molar-refractivity contribution in [2.24, 2.45) is 17.1 Å². The number of nitrogens with two attached hydrogens (primary N) is 1. The molecule has 0 radical (unpaired) electrons. The predicted molar refractivity (Wildman–Crippen MR) is 75.0 cm³/mol. The first kappa shape index (κ1) is 18.2. The molecule has 0 heterocycles. The Morgan fingerprint density at radius 1 is 1.15 bits per heavy atom. The number of carbonyl (C=O) groups excluding carboxylic acids is 2. The van der Waals surface area contributed by atoms with Crippen LogP contribution in [0.5, 0.6) is 0 Å². The molecule has 0 saturated heterocycles. The van der Waals surface area contributed by atoms with E-state index in [1.54, 1.807) is 20.8 Å². The minimum Gasteiger partial charge on any atom is -0.480 e. The normalized spacial score (nSPS) is 14.5. The molecule has 0 spiro atoms. The first-order valence-electron chi connectivity index (χ1n) is 6.54. The standard InChI is InChI=1S/C13H25N3O4/c1-7(2)6-8(15-12(14)20)10(17)16-9(11(18)19)13(3,4)5/h7-9H,6H2,1-5H3,(H,16,17)(H,18,19)(H3,14,15,20). The van der Waals surface area contributed by atoms with Crippen LogP contribution >= 0.6 is 0 Å². The van der Waals surface area contributed by atoms with Crippen LogP contribution in [0.4, 0.5) is 4.79 Å². The summed E-state index contributed by atoms with van der Waals surface area (Å²) in [6.07, 6.45) is 0.380. The van der Waals surface area contributed by atoms with E-state index in [-0.39, 0.29) is 5.92 Å². The van der Waals surface area contributed by atoms with Gasteiger partial charge >= 0.3 is 12.0 Å². The number of carboxylic acid groups (broad SMARTS) is 1. The first-order chi connectivity index (χ1) is 8.95. The summed E-state index contributed by atoms with van der Waals surface area (Å²) in [7, 11) is 0. The van der Waals surface area contributed by atoms with Crippen LogP contribution in [0.2, 0.25) is 0 Å². The zero-order valence-electron chi connectivity index (χ0n) is 12.7. The molecule has 7 heteroatoms. The van der Waals surface area contributed by atoms with Crippen molar-refractivity contribution in [2.75, 3.05) is 0 Å². The highest BCUT2D eigenvalue weighted by Gasteiger charge is 2.34. The smallest absolute Gasteiger partial charge is 0.326 e. The molecule has 20 heavy (non-hydrogen) atoms. The molecular formula is C13H25N3O4. The third-order valence-electron chi connectivity index (χ3n) is 2.74. The summed E-state index contributed by atoms with van der Waals surface area (Å²) in [6, 6.07) is -2.69. The van der Waals surface area contributed by atoms with Gasteiger partial charge in [0.15, 0.2) is 0 Å². The van der Waals surface area contributed by atoms with E-state index in [0.29, 0.717) is 6.42 Å². The van der Waals surface area contributed by atoms with E-state index >= 15 is 0 Å². The summed E-state index contributed by atoms with van der Waals surface area (Å²) in [6.45, 7) is 8.92. The van der Waals surface area contributed by atoms with Gasteiger partial charge in [-0.3, -0.25) is 4.79 Å². The zero-order chi connectivity index (χ0) is 16.1. The van der Waals surface area contributed by atoms with Crippen molar-refractivity contribution >= 4 is 17.9 Å². The lowest BCUT2D eigenvalue weighted by molar-refractivity contribution is -0.145. The molecule has 0 aliphatic heterocycles. The van der Waals surface area contributed by atoms with Gasteiger partial charge in [0.1, 0.15) is 12.1 Å². The molecule has 5 N–H and O–H groups in total. The molecule has 0 fully saturated rings. The molecule has 0 aromatic carbocycles. The van der Waals surface area contributed by atoms with Crippen molar-refractivity contribution < 1.29 is 19.5 Å². The number of nitrogens with one attached hydrogen (secondary N) is 2. The number of hydrogen-bond acceptors (Lipinski definition) is 3. The van der Waals surface area contributed by atoms with Gasteiger partial charge in [-0.1, -0.05) is 34.6 Å². The second kappa shape index (κ2) is 7.12. The first-order valence-corrected chi connectivity index (χ1v) is 6.54. The van der Waals surface area contributed by atoms with Crippen LogP contribution in [-0.2, 0) is 9.59 Å². The molecular weight excluding hydrogens is 262 g/mol. The Balaban J connectivity index is 4.97. The third kappa shape index (κ3) is 6.40. The van der Waals surface area contributed by atoms with Gasteiger partial charge in [-0.15, -0.1) is 0 Å². The fourth-order valence-corrected chi connectivity index (χ4v) is 1.77. The Morgan fingerprint density at radius 3 is 1.95 bits per heavy atom. The van der Waals surface area contributed by atoms with Gasteiger partial charge in [0, 0.05) is 0 Å². The fraction of sp³-hybridized carbons (Fsp3) is 0.769. The molecule has 0 aromatic heterocycles. The summed E-state index contributed by atoms with van der Waals surface area (Å²) in [5.41, 5.74) is 4.39. The van der Waals surface area contributed by atoms with Crippen LogP contribution in [0.15, 0.2) is 0 Å². The molecule has 0 bridgehead atoms. The SMILES string of the molecule is CC(C)CC(NC(N)=O)C(=O)NC(C(=O)O)C(C)(C)C. The van der Waals surface area contributed by atoms with Crippen LogP contribution in [0.3, 0.4) is 0 Å². The minimum absolute atomic E-state index is 0.149. The average molecular weight is 287 g/mol. The molecule has 0 aromatic rings. The Kier molecular flexibility index (Phi) is 6.48. The van der Waals surface area contributed by atoms with Crippen LogP contribution in [0.25, 0.3) is 0 Å². The molecule has 2 atom stereocenters. The van der Waals surface area contributed by atoms with Crippen LogP contribution < -0.4 is 16.4 Å². The van der Waals surface area contributed by atoms with E-state index < -0.39 is 35.4 Å². The van der Waals surface area contributed by atoms with Gasteiger partial charge in [-0.2, -0.15) is 0 Å². The van der Waals surface area contributed by atoms with Gasteiger partial charge in [-0.25, -0.2) is 9.59 Å². The maximum atomic E-state index is 12.1. The minimum atomic E-state index is -1.12. The van der Waals surface area contributed by atoms with Gasteiger partial charge in [0.2, 0.25) is 5.91 Å². The lowest BCUT2D eigenvalue weighted by Gasteiger charge is -2.29. The van der Waals surface area contributed by atoms with Crippen molar-refractivity contribution in [3.05, 3.63) is 0 Å². The maximum Gasteiger partial charge on any atom is 0.326 e. The van der Waals surface area contributed by atoms with E-state index in [9.17, 15) is 19.5 Å². The van der Waals surface area contributed by atoms with Crippen molar-refractivity contribution in [3.8, 4) is 0 Å². The predicted octanol–water partition coefficient (Wildman–Crippen LogP) is 0.685. The molecule has 0 aliphatic rings. The number of urea groups is 1. The summed E-state index contributed by atoms with van der Waals surface area (Å²) in [5.74, 6) is -1.51.